The van der Waals surface area contributed by atoms with E-state index in [0.717, 1.165) is 73.0 Å². The van der Waals surface area contributed by atoms with E-state index in [9.17, 15) is 9.90 Å². The number of ether oxygens (including phenoxy) is 1. The molecule has 0 radical (unpaired) electrons. The predicted octanol–water partition coefficient (Wildman–Crippen LogP) is 7.62. The second-order valence-corrected chi connectivity index (χ2v) is 13.9. The molecule has 9 heteroatoms. The number of pyridine rings is 1. The molecule has 7 rings (SSSR count). The van der Waals surface area contributed by atoms with Crippen LogP contribution in [0.25, 0.3) is 16.6 Å². The zero-order chi connectivity index (χ0) is 31.3. The van der Waals surface area contributed by atoms with Crippen molar-refractivity contribution < 1.29 is 14.6 Å². The Balaban J connectivity index is 1.12. The summed E-state index contributed by atoms with van der Waals surface area (Å²) in [6, 6.07) is 18.1. The van der Waals surface area contributed by atoms with Crippen LogP contribution < -0.4 is 14.5 Å². The van der Waals surface area contributed by atoms with Gasteiger partial charge >= 0.3 is 5.97 Å². The van der Waals surface area contributed by atoms with Gasteiger partial charge in [-0.3, -0.25) is 4.90 Å². The molecule has 0 amide bonds. The molecule has 0 spiro atoms. The van der Waals surface area contributed by atoms with Crippen LogP contribution in [0.4, 0.5) is 17.1 Å². The highest BCUT2D eigenvalue weighted by atomic mass is 35.5. The zero-order valence-electron chi connectivity index (χ0n) is 26.1. The number of carboxylic acids is 1. The number of hydrogen-bond donors (Lipinski definition) is 2. The van der Waals surface area contributed by atoms with Gasteiger partial charge in [-0.15, -0.1) is 0 Å². The van der Waals surface area contributed by atoms with Crippen molar-refractivity contribution in [2.24, 2.45) is 5.41 Å². The van der Waals surface area contributed by atoms with E-state index in [1.165, 1.54) is 17.6 Å². The summed E-state index contributed by atoms with van der Waals surface area (Å²) in [6.45, 7) is 11.9. The number of benzene rings is 2. The van der Waals surface area contributed by atoms with Gasteiger partial charge in [-0.2, -0.15) is 4.98 Å². The first-order chi connectivity index (χ1) is 21.6. The van der Waals surface area contributed by atoms with Crippen LogP contribution in [-0.2, 0) is 0 Å². The topological polar surface area (TPSA) is 84.9 Å². The summed E-state index contributed by atoms with van der Waals surface area (Å²) < 4.78 is 6.09. The number of hydrogen-bond acceptors (Lipinski definition) is 6. The second-order valence-electron chi connectivity index (χ2n) is 13.5. The lowest BCUT2D eigenvalue weighted by Gasteiger charge is -2.40. The van der Waals surface area contributed by atoms with E-state index in [0.29, 0.717) is 23.5 Å². The molecule has 2 aliphatic heterocycles. The van der Waals surface area contributed by atoms with E-state index >= 15 is 0 Å². The minimum Gasteiger partial charge on any atom is -0.478 e. The summed E-state index contributed by atoms with van der Waals surface area (Å²) in [5, 5.41) is 11.9. The van der Waals surface area contributed by atoms with E-state index in [4.69, 9.17) is 16.3 Å². The summed E-state index contributed by atoms with van der Waals surface area (Å²) in [4.78, 5) is 27.3. The SMILES string of the molecule is C[C@@H]1CN(c2cc(N3CCN(CC4=C(c5ccc(Cl)cc5)CC(C)(C)CC4)CC3)ccc2C(=O)O)c2cc3cc[nH]c3nc2O1. The van der Waals surface area contributed by atoms with Crippen LogP contribution in [0.5, 0.6) is 5.88 Å². The van der Waals surface area contributed by atoms with Gasteiger partial charge in [0.1, 0.15) is 17.4 Å². The number of aromatic nitrogens is 2. The van der Waals surface area contributed by atoms with Crippen molar-refractivity contribution in [1.82, 2.24) is 14.9 Å². The number of halogens is 1. The summed E-state index contributed by atoms with van der Waals surface area (Å²) in [5.74, 6) is -0.435. The molecule has 8 nitrogen and oxygen atoms in total. The number of aromatic amines is 1. The molecule has 1 atom stereocenters. The van der Waals surface area contributed by atoms with E-state index < -0.39 is 5.97 Å². The minimum atomic E-state index is -0.946. The number of anilines is 3. The summed E-state index contributed by atoms with van der Waals surface area (Å²) >= 11 is 6.22. The molecule has 3 aliphatic rings. The van der Waals surface area contributed by atoms with Gasteiger partial charge < -0.3 is 24.6 Å². The average Bonchev–Trinajstić information content (AvgIpc) is 3.48. The van der Waals surface area contributed by atoms with Gasteiger partial charge in [0.15, 0.2) is 0 Å². The predicted molar refractivity (Wildman–Crippen MR) is 181 cm³/mol. The highest BCUT2D eigenvalue weighted by Gasteiger charge is 2.31. The third kappa shape index (κ3) is 6.01. The standard InChI is InChI=1S/C36H40ClN5O3/c1-23-21-42(32-18-25-11-13-38-33(25)39-34(32)45-23)31-19-28(8-9-29(31)35(43)44)41-16-14-40(15-17-41)22-26-10-12-36(2,3)20-30(26)24-4-6-27(37)7-5-24/h4-9,11,13,18-19,23H,10,12,14-17,20-22H2,1-3H3,(H,38,39)(H,43,44)/t23-/m1/s1. The largest absolute Gasteiger partial charge is 0.478 e. The monoisotopic (exact) mass is 625 g/mol. The Kier molecular flexibility index (Phi) is 7.74. The molecule has 1 fully saturated rings. The molecular weight excluding hydrogens is 586 g/mol. The van der Waals surface area contributed by atoms with Gasteiger partial charge in [0.05, 0.1) is 17.8 Å². The molecule has 4 aromatic rings. The van der Waals surface area contributed by atoms with Crippen LogP contribution in [0.1, 0.15) is 56.0 Å². The maximum Gasteiger partial charge on any atom is 0.337 e. The molecule has 0 bridgehead atoms. The number of aromatic carboxylic acids is 1. The Morgan fingerprint density at radius 3 is 2.60 bits per heavy atom. The second kappa shape index (κ2) is 11.7. The molecule has 45 heavy (non-hydrogen) atoms. The number of fused-ring (bicyclic) bond motifs is 2. The molecule has 0 unspecified atom stereocenters. The Morgan fingerprint density at radius 1 is 1.07 bits per heavy atom. The van der Waals surface area contributed by atoms with Crippen LogP contribution in [-0.4, -0.2) is 71.3 Å². The number of piperazine rings is 1. The number of carboxylic acid groups (broad SMARTS) is 1. The van der Waals surface area contributed by atoms with Crippen LogP contribution in [0, 0.1) is 5.41 Å². The Bertz CT molecular complexity index is 1770. The van der Waals surface area contributed by atoms with Crippen LogP contribution in [0.2, 0.25) is 5.02 Å². The van der Waals surface area contributed by atoms with Crippen LogP contribution in [0.15, 0.2) is 66.4 Å². The lowest BCUT2D eigenvalue weighted by Crippen LogP contribution is -2.47. The first-order valence-corrected chi connectivity index (χ1v) is 16.3. The molecule has 4 heterocycles. The molecule has 2 aromatic heterocycles. The van der Waals surface area contributed by atoms with Crippen molar-refractivity contribution in [1.29, 1.82) is 0 Å². The van der Waals surface area contributed by atoms with Gasteiger partial charge in [-0.05, 0) is 85.2 Å². The van der Waals surface area contributed by atoms with Crippen molar-refractivity contribution in [3.05, 3.63) is 82.5 Å². The number of carbonyl (C=O) groups is 1. The maximum atomic E-state index is 12.4. The minimum absolute atomic E-state index is 0.149. The fourth-order valence-corrected chi connectivity index (χ4v) is 7.19. The molecular formula is C36H40ClN5O3. The third-order valence-electron chi connectivity index (χ3n) is 9.56. The number of allylic oxidation sites excluding steroid dienone is 1. The smallest absolute Gasteiger partial charge is 0.337 e. The molecule has 1 saturated heterocycles. The van der Waals surface area contributed by atoms with Crippen LogP contribution >= 0.6 is 11.6 Å². The van der Waals surface area contributed by atoms with E-state index in [-0.39, 0.29) is 11.7 Å². The lowest BCUT2D eigenvalue weighted by molar-refractivity contribution is 0.0697. The molecule has 1 aliphatic carbocycles. The Hall–Kier alpha value is -4.01. The number of nitrogens with zero attached hydrogens (tertiary/aromatic N) is 4. The summed E-state index contributed by atoms with van der Waals surface area (Å²) in [6.07, 6.45) is 5.10. The van der Waals surface area contributed by atoms with Crippen molar-refractivity contribution in [3.8, 4) is 5.88 Å². The molecule has 0 saturated carbocycles. The molecule has 2 aromatic carbocycles. The summed E-state index contributed by atoms with van der Waals surface area (Å²) in [7, 11) is 0. The van der Waals surface area contributed by atoms with Gasteiger partial charge in [0.25, 0.3) is 0 Å². The fourth-order valence-electron chi connectivity index (χ4n) is 7.06. The van der Waals surface area contributed by atoms with Crippen LogP contribution in [0.3, 0.4) is 0 Å². The van der Waals surface area contributed by atoms with Gasteiger partial charge in [0.2, 0.25) is 5.88 Å². The number of H-pyrrole nitrogens is 1. The summed E-state index contributed by atoms with van der Waals surface area (Å²) in [5.41, 5.74) is 8.11. The Labute approximate surface area is 269 Å². The molecule has 234 valence electrons. The first kappa shape index (κ1) is 29.7. The van der Waals surface area contributed by atoms with Gasteiger partial charge in [-0.25, -0.2) is 4.79 Å². The number of rotatable bonds is 6. The highest BCUT2D eigenvalue weighted by Crippen LogP contribution is 2.44. The Morgan fingerprint density at radius 2 is 1.84 bits per heavy atom. The lowest BCUT2D eigenvalue weighted by atomic mass is 9.72. The number of nitrogens with one attached hydrogen (secondary N) is 1. The fraction of sp³-hybridized carbons (Fsp3) is 0.389. The zero-order valence-corrected chi connectivity index (χ0v) is 26.9. The van der Waals surface area contributed by atoms with Crippen molar-refractivity contribution in [2.45, 2.75) is 46.1 Å². The van der Waals surface area contributed by atoms with E-state index in [2.05, 4.69) is 50.6 Å². The van der Waals surface area contributed by atoms with E-state index in [1.807, 2.05) is 49.5 Å². The van der Waals surface area contributed by atoms with Crippen molar-refractivity contribution in [2.75, 3.05) is 49.1 Å². The average molecular weight is 626 g/mol. The normalized spacial score (nSPS) is 20.3. The first-order valence-electron chi connectivity index (χ1n) is 15.9. The van der Waals surface area contributed by atoms with Crippen molar-refractivity contribution >= 4 is 51.2 Å². The quantitative estimate of drug-likeness (QED) is 0.228. The van der Waals surface area contributed by atoms with E-state index in [1.54, 1.807) is 11.6 Å². The van der Waals surface area contributed by atoms with Crippen molar-refractivity contribution in [3.63, 3.8) is 0 Å². The maximum absolute atomic E-state index is 12.4. The highest BCUT2D eigenvalue weighted by molar-refractivity contribution is 6.30. The third-order valence-corrected chi connectivity index (χ3v) is 9.81. The molecule has 2 N–H and O–H groups in total. The van der Waals surface area contributed by atoms with Gasteiger partial charge in [-0.1, -0.05) is 43.2 Å². The van der Waals surface area contributed by atoms with Gasteiger partial charge in [0, 0.05) is 55.0 Å².